The van der Waals surface area contributed by atoms with Crippen molar-refractivity contribution in [3.05, 3.63) is 47.1 Å². The first kappa shape index (κ1) is 23.5. The topological polar surface area (TPSA) is 24.4 Å². The number of allylic oxidation sites excluding steroid dienone is 4. The second-order valence-electron chi connectivity index (χ2n) is 8.98. The number of benzene rings is 1. The van der Waals surface area contributed by atoms with E-state index in [0.717, 1.165) is 6.07 Å². The molecule has 1 fully saturated rings. The second kappa shape index (κ2) is 8.40. The fourth-order valence-corrected chi connectivity index (χ4v) is 4.66. The quantitative estimate of drug-likeness (QED) is 0.291. The molecule has 0 spiro atoms. The molecule has 2 aliphatic carbocycles. The van der Waals surface area contributed by atoms with E-state index in [-0.39, 0.29) is 29.7 Å². The number of nitrogens with zero attached hydrogens (tertiary/aromatic N) is 1. The number of amidine groups is 1. The number of alkyl halides is 5. The number of halogens is 5. The van der Waals surface area contributed by atoms with Gasteiger partial charge in [-0.05, 0) is 73.3 Å². The standard InChI is InChI=1S/C24H29F5N2/c1-15-13-19(31-16(2)30-4)14-20(24(27,28)29)21(15)17-5-9-22(3,10-6-17)18-7-11-23(25,26)12-8-18/h5-6,9,13-14,18H,7-8,10-12H2,1-4H3,(H,30,31). The molecule has 1 atom stereocenters. The molecule has 0 bridgehead atoms. The molecule has 1 unspecified atom stereocenters. The van der Waals surface area contributed by atoms with Gasteiger partial charge in [0.1, 0.15) is 0 Å². The van der Waals surface area contributed by atoms with E-state index in [9.17, 15) is 22.0 Å². The largest absolute Gasteiger partial charge is 0.417 e. The van der Waals surface area contributed by atoms with Crippen molar-refractivity contribution in [3.8, 4) is 0 Å². The van der Waals surface area contributed by atoms with Crippen LogP contribution in [0.1, 0.15) is 62.6 Å². The van der Waals surface area contributed by atoms with Crippen molar-refractivity contribution in [2.75, 3.05) is 12.4 Å². The molecule has 7 heteroatoms. The summed E-state index contributed by atoms with van der Waals surface area (Å²) in [5.41, 5.74) is 0.523. The zero-order chi connectivity index (χ0) is 23.0. The molecular weight excluding hydrogens is 411 g/mol. The minimum atomic E-state index is -4.51. The third kappa shape index (κ3) is 5.18. The lowest BCUT2D eigenvalue weighted by atomic mass is 9.65. The van der Waals surface area contributed by atoms with Crippen molar-refractivity contribution in [2.45, 2.75) is 65.0 Å². The first-order valence-electron chi connectivity index (χ1n) is 10.5. The summed E-state index contributed by atoms with van der Waals surface area (Å²) >= 11 is 0. The van der Waals surface area contributed by atoms with Gasteiger partial charge in [-0.1, -0.05) is 25.2 Å². The fraction of sp³-hybridized carbons (Fsp3) is 0.542. The molecule has 2 aliphatic rings. The highest BCUT2D eigenvalue weighted by atomic mass is 19.4. The van der Waals surface area contributed by atoms with Crippen LogP contribution in [0.2, 0.25) is 0 Å². The lowest BCUT2D eigenvalue weighted by Crippen LogP contribution is -2.34. The molecule has 0 heterocycles. The minimum absolute atomic E-state index is 0.104. The van der Waals surface area contributed by atoms with Gasteiger partial charge in [0.25, 0.3) is 0 Å². The maximum absolute atomic E-state index is 13.9. The lowest BCUT2D eigenvalue weighted by molar-refractivity contribution is -0.137. The molecule has 170 valence electrons. The molecule has 31 heavy (non-hydrogen) atoms. The molecule has 1 aromatic carbocycles. The normalized spacial score (nSPS) is 24.8. The van der Waals surface area contributed by atoms with Gasteiger partial charge in [0, 0.05) is 25.6 Å². The van der Waals surface area contributed by atoms with Crippen LogP contribution in [0.25, 0.3) is 5.57 Å². The van der Waals surface area contributed by atoms with Crippen LogP contribution < -0.4 is 5.32 Å². The number of hydrogen-bond donors (Lipinski definition) is 1. The Morgan fingerprint density at radius 1 is 1.16 bits per heavy atom. The van der Waals surface area contributed by atoms with Crippen molar-refractivity contribution in [3.63, 3.8) is 0 Å². The molecular formula is C24H29F5N2. The van der Waals surface area contributed by atoms with Crippen LogP contribution in [0.5, 0.6) is 0 Å². The minimum Gasteiger partial charge on any atom is -0.344 e. The van der Waals surface area contributed by atoms with Crippen molar-refractivity contribution < 1.29 is 22.0 Å². The van der Waals surface area contributed by atoms with Gasteiger partial charge in [-0.2, -0.15) is 13.2 Å². The zero-order valence-electron chi connectivity index (χ0n) is 18.3. The number of aryl methyl sites for hydroxylation is 1. The van der Waals surface area contributed by atoms with Gasteiger partial charge in [-0.25, -0.2) is 8.78 Å². The van der Waals surface area contributed by atoms with E-state index in [1.54, 1.807) is 33.0 Å². The molecule has 0 amide bonds. The van der Waals surface area contributed by atoms with E-state index in [0.29, 0.717) is 41.9 Å². The summed E-state index contributed by atoms with van der Waals surface area (Å²) in [6, 6.07) is 2.80. The van der Waals surface area contributed by atoms with Gasteiger partial charge in [0.15, 0.2) is 0 Å². The van der Waals surface area contributed by atoms with Crippen LogP contribution in [0.3, 0.4) is 0 Å². The second-order valence-corrected chi connectivity index (χ2v) is 8.98. The van der Waals surface area contributed by atoms with Crippen LogP contribution >= 0.6 is 0 Å². The third-order valence-electron chi connectivity index (χ3n) is 6.65. The van der Waals surface area contributed by atoms with E-state index in [1.807, 2.05) is 19.1 Å². The smallest absolute Gasteiger partial charge is 0.344 e. The Hall–Kier alpha value is -2.18. The van der Waals surface area contributed by atoms with Crippen molar-refractivity contribution in [2.24, 2.45) is 16.3 Å². The molecule has 0 aromatic heterocycles. The predicted molar refractivity (Wildman–Crippen MR) is 116 cm³/mol. The van der Waals surface area contributed by atoms with Crippen molar-refractivity contribution in [1.29, 1.82) is 0 Å². The first-order chi connectivity index (χ1) is 14.3. The maximum atomic E-state index is 13.9. The molecule has 1 N–H and O–H groups in total. The Balaban J connectivity index is 1.90. The van der Waals surface area contributed by atoms with Crippen LogP contribution in [0, 0.1) is 18.3 Å². The summed E-state index contributed by atoms with van der Waals surface area (Å²) in [6.45, 7) is 5.37. The Bertz CT molecular complexity index is 917. The van der Waals surface area contributed by atoms with Gasteiger partial charge in [-0.3, -0.25) is 4.99 Å². The Kier molecular flexibility index (Phi) is 6.36. The molecule has 0 aliphatic heterocycles. The zero-order valence-corrected chi connectivity index (χ0v) is 18.3. The van der Waals surface area contributed by atoms with Crippen LogP contribution in [0.4, 0.5) is 27.6 Å². The first-order valence-corrected chi connectivity index (χ1v) is 10.5. The molecule has 3 rings (SSSR count). The summed E-state index contributed by atoms with van der Waals surface area (Å²) in [5.74, 6) is -1.97. The SMILES string of the molecule is CN=C(C)Nc1cc(C)c(C2=CCC(C)(C3CCC(F)(F)CC3)C=C2)c(C(F)(F)F)c1. The Morgan fingerprint density at radius 2 is 1.81 bits per heavy atom. The average Bonchev–Trinajstić information content (AvgIpc) is 2.67. The highest BCUT2D eigenvalue weighted by Gasteiger charge is 2.42. The third-order valence-corrected chi connectivity index (χ3v) is 6.65. The van der Waals surface area contributed by atoms with E-state index in [1.165, 1.54) is 0 Å². The van der Waals surface area contributed by atoms with Crippen LogP contribution in [0.15, 0.2) is 35.4 Å². The van der Waals surface area contributed by atoms with Crippen molar-refractivity contribution in [1.82, 2.24) is 0 Å². The summed E-state index contributed by atoms with van der Waals surface area (Å²) in [7, 11) is 1.57. The van der Waals surface area contributed by atoms with Gasteiger partial charge in [0.2, 0.25) is 5.92 Å². The summed E-state index contributed by atoms with van der Waals surface area (Å²) < 4.78 is 68.8. The number of aliphatic imine (C=N–C) groups is 1. The van der Waals surface area contributed by atoms with Crippen LogP contribution in [-0.2, 0) is 6.18 Å². The van der Waals surface area contributed by atoms with E-state index < -0.39 is 17.7 Å². The monoisotopic (exact) mass is 440 g/mol. The molecule has 0 saturated heterocycles. The highest BCUT2D eigenvalue weighted by molar-refractivity contribution is 5.94. The van der Waals surface area contributed by atoms with Gasteiger partial charge < -0.3 is 5.32 Å². The fourth-order valence-electron chi connectivity index (χ4n) is 4.66. The van der Waals surface area contributed by atoms with E-state index in [2.05, 4.69) is 10.3 Å². The molecule has 0 radical (unpaired) electrons. The molecule has 2 nitrogen and oxygen atoms in total. The van der Waals surface area contributed by atoms with Crippen LogP contribution in [-0.4, -0.2) is 18.8 Å². The van der Waals surface area contributed by atoms with Gasteiger partial charge in [-0.15, -0.1) is 0 Å². The van der Waals surface area contributed by atoms with E-state index in [4.69, 9.17) is 0 Å². The van der Waals surface area contributed by atoms with Gasteiger partial charge in [0.05, 0.1) is 11.4 Å². The Labute approximate surface area is 180 Å². The van der Waals surface area contributed by atoms with Crippen molar-refractivity contribution >= 4 is 17.1 Å². The molecule has 1 aromatic rings. The lowest BCUT2D eigenvalue weighted by Gasteiger charge is -2.41. The maximum Gasteiger partial charge on any atom is 0.417 e. The molecule has 1 saturated carbocycles. The van der Waals surface area contributed by atoms with Gasteiger partial charge >= 0.3 is 6.18 Å². The van der Waals surface area contributed by atoms with E-state index >= 15 is 0 Å². The Morgan fingerprint density at radius 3 is 2.32 bits per heavy atom. The summed E-state index contributed by atoms with van der Waals surface area (Å²) in [5, 5.41) is 2.89. The summed E-state index contributed by atoms with van der Waals surface area (Å²) in [6.07, 6.45) is 2.14. The predicted octanol–water partition coefficient (Wildman–Crippen LogP) is 7.65. The average molecular weight is 441 g/mol. The number of hydrogen-bond acceptors (Lipinski definition) is 1. The summed E-state index contributed by atoms with van der Waals surface area (Å²) in [4.78, 5) is 3.94. The number of rotatable bonds is 3. The highest BCUT2D eigenvalue weighted by Crippen LogP contribution is 2.49. The number of anilines is 1. The number of nitrogens with one attached hydrogen (secondary N) is 1.